The van der Waals surface area contributed by atoms with Crippen molar-refractivity contribution in [2.75, 3.05) is 44.7 Å². The summed E-state index contributed by atoms with van der Waals surface area (Å²) in [5.74, 6) is 0.630. The van der Waals surface area contributed by atoms with Crippen molar-refractivity contribution < 1.29 is 19.4 Å². The molecule has 24 heavy (non-hydrogen) atoms. The number of aliphatic carboxylic acids is 1. The molecule has 1 atom stereocenters. The third-order valence-electron chi connectivity index (χ3n) is 4.82. The van der Waals surface area contributed by atoms with E-state index >= 15 is 0 Å². The Bertz CT molecular complexity index is 597. The van der Waals surface area contributed by atoms with Crippen molar-refractivity contribution in [1.82, 2.24) is 4.90 Å². The summed E-state index contributed by atoms with van der Waals surface area (Å²) in [6, 6.07) is 3.93. The molecule has 3 rings (SSSR count). The van der Waals surface area contributed by atoms with Crippen molar-refractivity contribution in [3.8, 4) is 11.5 Å². The average molecular weight is 334 g/mol. The summed E-state index contributed by atoms with van der Waals surface area (Å²) < 4.78 is 11.3. The largest absolute Gasteiger partial charge is 0.497 e. The van der Waals surface area contributed by atoms with Crippen molar-refractivity contribution in [3.05, 3.63) is 17.7 Å². The summed E-state index contributed by atoms with van der Waals surface area (Å²) in [5.41, 5.74) is 2.00. The number of fused-ring (bicyclic) bond motifs is 1. The lowest BCUT2D eigenvalue weighted by Gasteiger charge is -2.38. The van der Waals surface area contributed by atoms with Crippen LogP contribution in [0.1, 0.15) is 25.3 Å². The average Bonchev–Trinajstić information content (AvgIpc) is 2.61. The second-order valence-electron chi connectivity index (χ2n) is 6.45. The van der Waals surface area contributed by atoms with Crippen LogP contribution in [0.15, 0.2) is 12.1 Å². The van der Waals surface area contributed by atoms with Gasteiger partial charge in [0.15, 0.2) is 6.10 Å². The highest BCUT2D eigenvalue weighted by molar-refractivity contribution is 5.75. The molecule has 1 saturated heterocycles. The number of aryl methyl sites for hydroxylation is 1. The van der Waals surface area contributed by atoms with Gasteiger partial charge in [-0.2, -0.15) is 0 Å². The maximum Gasteiger partial charge on any atom is 0.344 e. The van der Waals surface area contributed by atoms with E-state index in [9.17, 15) is 9.90 Å². The Morgan fingerprint density at radius 3 is 2.71 bits per heavy atom. The second kappa shape index (κ2) is 7.30. The van der Waals surface area contributed by atoms with Gasteiger partial charge in [-0.05, 0) is 31.9 Å². The molecule has 0 spiro atoms. The molecule has 0 saturated carbocycles. The highest BCUT2D eigenvalue weighted by Gasteiger charge is 2.30. The van der Waals surface area contributed by atoms with Gasteiger partial charge in [-0.25, -0.2) is 4.79 Å². The number of rotatable bonds is 5. The Morgan fingerprint density at radius 1 is 1.33 bits per heavy atom. The molecule has 1 N–H and O–H groups in total. The predicted octanol–water partition coefficient (Wildman–Crippen LogP) is 2.01. The van der Waals surface area contributed by atoms with E-state index in [-0.39, 0.29) is 0 Å². The van der Waals surface area contributed by atoms with Crippen molar-refractivity contribution in [3.63, 3.8) is 0 Å². The maximum absolute atomic E-state index is 11.3. The molecular weight excluding hydrogens is 308 g/mol. The minimum Gasteiger partial charge on any atom is -0.497 e. The van der Waals surface area contributed by atoms with Gasteiger partial charge in [0.1, 0.15) is 11.5 Å². The fraction of sp³-hybridized carbons (Fsp3) is 0.611. The lowest BCUT2D eigenvalue weighted by atomic mass is 10.00. The summed E-state index contributed by atoms with van der Waals surface area (Å²) >= 11 is 0. The number of methoxy groups -OCH3 is 1. The third kappa shape index (κ3) is 3.43. The summed E-state index contributed by atoms with van der Waals surface area (Å²) in [6.07, 6.45) is 1.61. The van der Waals surface area contributed by atoms with Crippen LogP contribution in [0.3, 0.4) is 0 Å². The van der Waals surface area contributed by atoms with Crippen molar-refractivity contribution >= 4 is 11.7 Å². The van der Waals surface area contributed by atoms with Crippen LogP contribution in [0.5, 0.6) is 11.5 Å². The quantitative estimate of drug-likeness (QED) is 0.889. The topological polar surface area (TPSA) is 62.2 Å². The monoisotopic (exact) mass is 334 g/mol. The Labute approximate surface area is 143 Å². The lowest BCUT2D eigenvalue weighted by Crippen LogP contribution is -2.47. The SMILES string of the molecule is CCCN1CCN(c2cc(OC)cc3c2OC(C(=O)O)CC3)CC1. The number of anilines is 1. The maximum atomic E-state index is 11.3. The molecule has 1 fully saturated rings. The van der Waals surface area contributed by atoms with Crippen LogP contribution < -0.4 is 14.4 Å². The number of nitrogens with zero attached hydrogens (tertiary/aromatic N) is 2. The van der Waals surface area contributed by atoms with Crippen LogP contribution in [0, 0.1) is 0 Å². The minimum absolute atomic E-state index is 0.499. The first-order valence-corrected chi connectivity index (χ1v) is 8.70. The number of hydrogen-bond acceptors (Lipinski definition) is 5. The zero-order chi connectivity index (χ0) is 17.1. The minimum atomic E-state index is -0.893. The van der Waals surface area contributed by atoms with Gasteiger partial charge >= 0.3 is 5.97 Å². The van der Waals surface area contributed by atoms with E-state index in [1.807, 2.05) is 12.1 Å². The van der Waals surface area contributed by atoms with Gasteiger partial charge < -0.3 is 19.5 Å². The first-order chi connectivity index (χ1) is 11.6. The number of piperazine rings is 1. The molecule has 6 heteroatoms. The second-order valence-corrected chi connectivity index (χ2v) is 6.45. The smallest absolute Gasteiger partial charge is 0.344 e. The molecule has 0 radical (unpaired) electrons. The molecule has 2 heterocycles. The Hall–Kier alpha value is -1.95. The van der Waals surface area contributed by atoms with Gasteiger partial charge in [0.2, 0.25) is 0 Å². The molecule has 0 amide bonds. The fourth-order valence-electron chi connectivity index (χ4n) is 3.51. The number of benzene rings is 1. The van der Waals surface area contributed by atoms with Gasteiger partial charge in [-0.1, -0.05) is 6.92 Å². The standard InChI is InChI=1S/C18H26N2O4/c1-3-6-19-7-9-20(10-8-19)15-12-14(23-2)11-13-4-5-16(18(21)22)24-17(13)15/h11-12,16H,3-10H2,1-2H3,(H,21,22). The molecule has 0 bridgehead atoms. The summed E-state index contributed by atoms with van der Waals surface area (Å²) in [7, 11) is 1.66. The first kappa shape index (κ1) is 16.9. The van der Waals surface area contributed by atoms with Crippen LogP contribution in [0.4, 0.5) is 5.69 Å². The summed E-state index contributed by atoms with van der Waals surface area (Å²) in [4.78, 5) is 16.1. The van der Waals surface area contributed by atoms with E-state index in [4.69, 9.17) is 9.47 Å². The Balaban J connectivity index is 1.85. The molecule has 2 aliphatic rings. The van der Waals surface area contributed by atoms with Crippen LogP contribution in [0.2, 0.25) is 0 Å². The van der Waals surface area contributed by atoms with Crippen LogP contribution >= 0.6 is 0 Å². The number of carboxylic acid groups (broad SMARTS) is 1. The van der Waals surface area contributed by atoms with E-state index < -0.39 is 12.1 Å². The molecular formula is C18H26N2O4. The van der Waals surface area contributed by atoms with Crippen LogP contribution in [-0.4, -0.2) is 61.9 Å². The molecule has 0 aromatic heterocycles. The van der Waals surface area contributed by atoms with Crippen LogP contribution in [-0.2, 0) is 11.2 Å². The summed E-state index contributed by atoms with van der Waals surface area (Å²) in [6.45, 7) is 7.19. The fourth-order valence-corrected chi connectivity index (χ4v) is 3.51. The molecule has 0 aliphatic carbocycles. The van der Waals surface area contributed by atoms with Crippen molar-refractivity contribution in [1.29, 1.82) is 0 Å². The van der Waals surface area contributed by atoms with E-state index in [2.05, 4.69) is 16.7 Å². The molecule has 1 aromatic carbocycles. The number of carboxylic acids is 1. The van der Waals surface area contributed by atoms with Gasteiger partial charge in [0, 0.05) is 37.8 Å². The van der Waals surface area contributed by atoms with Gasteiger partial charge in [0.05, 0.1) is 12.8 Å². The highest BCUT2D eigenvalue weighted by atomic mass is 16.5. The van der Waals surface area contributed by atoms with E-state index in [1.54, 1.807) is 7.11 Å². The van der Waals surface area contributed by atoms with E-state index in [1.165, 1.54) is 0 Å². The predicted molar refractivity (Wildman–Crippen MR) is 92.3 cm³/mol. The van der Waals surface area contributed by atoms with Crippen molar-refractivity contribution in [2.45, 2.75) is 32.3 Å². The number of hydrogen-bond donors (Lipinski definition) is 1. The Kier molecular flexibility index (Phi) is 5.14. The molecule has 2 aliphatic heterocycles. The normalized spacial score (nSPS) is 21.1. The third-order valence-corrected chi connectivity index (χ3v) is 4.82. The zero-order valence-corrected chi connectivity index (χ0v) is 14.5. The summed E-state index contributed by atoms with van der Waals surface area (Å²) in [5, 5.41) is 9.29. The molecule has 1 aromatic rings. The zero-order valence-electron chi connectivity index (χ0n) is 14.5. The molecule has 1 unspecified atom stereocenters. The van der Waals surface area contributed by atoms with Gasteiger partial charge in [-0.3, -0.25) is 4.90 Å². The molecule has 132 valence electrons. The van der Waals surface area contributed by atoms with E-state index in [0.717, 1.165) is 61.9 Å². The highest BCUT2D eigenvalue weighted by Crippen LogP contribution is 2.41. The number of carbonyl (C=O) groups is 1. The van der Waals surface area contributed by atoms with Gasteiger partial charge in [-0.15, -0.1) is 0 Å². The lowest BCUT2D eigenvalue weighted by molar-refractivity contribution is -0.145. The molecule has 6 nitrogen and oxygen atoms in total. The van der Waals surface area contributed by atoms with E-state index in [0.29, 0.717) is 12.8 Å². The Morgan fingerprint density at radius 2 is 2.08 bits per heavy atom. The first-order valence-electron chi connectivity index (χ1n) is 8.70. The van der Waals surface area contributed by atoms with Crippen LogP contribution in [0.25, 0.3) is 0 Å². The van der Waals surface area contributed by atoms with Gasteiger partial charge in [0.25, 0.3) is 0 Å². The number of ether oxygens (including phenoxy) is 2. The van der Waals surface area contributed by atoms with Crippen molar-refractivity contribution in [2.24, 2.45) is 0 Å².